The van der Waals surface area contributed by atoms with Gasteiger partial charge >= 0.3 is 17.7 Å². The summed E-state index contributed by atoms with van der Waals surface area (Å²) in [7, 11) is 0. The number of aromatic nitrogens is 1. The van der Waals surface area contributed by atoms with E-state index in [1.807, 2.05) is 0 Å². The highest BCUT2D eigenvalue weighted by atomic mass is 32.1. The number of anilines is 1. The molecule has 1 unspecified atom stereocenters. The number of oxime groups is 1. The molecule has 0 saturated carbocycles. The van der Waals surface area contributed by atoms with Crippen LogP contribution >= 0.6 is 11.3 Å². The van der Waals surface area contributed by atoms with Crippen LogP contribution in [0.3, 0.4) is 0 Å². The summed E-state index contributed by atoms with van der Waals surface area (Å²) in [6, 6.07) is -1.24. The van der Waals surface area contributed by atoms with Crippen LogP contribution in [-0.4, -0.2) is 69.1 Å². The van der Waals surface area contributed by atoms with Crippen molar-refractivity contribution in [2.75, 3.05) is 12.3 Å². The van der Waals surface area contributed by atoms with Crippen molar-refractivity contribution in [2.45, 2.75) is 44.6 Å². The molecule has 2 aliphatic heterocycles. The van der Waals surface area contributed by atoms with Gasteiger partial charge in [0.15, 0.2) is 10.8 Å². The van der Waals surface area contributed by atoms with Crippen molar-refractivity contribution in [1.82, 2.24) is 15.4 Å². The molecule has 3 rings (SSSR count). The smallest absolute Gasteiger partial charge is 0.372 e. The number of hydroxylamine groups is 2. The van der Waals surface area contributed by atoms with Gasteiger partial charge in [-0.05, 0) is 13.8 Å². The molecule has 2 aliphatic rings. The molecule has 13 nitrogen and oxygen atoms in total. The van der Waals surface area contributed by atoms with E-state index >= 15 is 0 Å². The van der Waals surface area contributed by atoms with Gasteiger partial charge in [-0.3, -0.25) is 19.2 Å². The Hall–Kier alpha value is -3.26. The standard InChI is InChI=1S/C16H19N5O8S/c1-7(2)29-20-11(9-6-30-15(17)19-9)12(23)18-8-5-27-21(13(8)24)16(14(25)26)4-3-10(22)28-16/h6-8H,3-5H2,1-2H3,(H2,17,19)(H,18,23)(H,25,26)/b20-11-/t8-,16?/m0/s1. The van der Waals surface area contributed by atoms with Crippen molar-refractivity contribution in [3.8, 4) is 0 Å². The molecule has 2 saturated heterocycles. The average molecular weight is 441 g/mol. The molecule has 2 amide bonds. The lowest BCUT2D eigenvalue weighted by atomic mass is 10.1. The van der Waals surface area contributed by atoms with Crippen molar-refractivity contribution in [1.29, 1.82) is 0 Å². The van der Waals surface area contributed by atoms with Crippen LogP contribution in [0.15, 0.2) is 10.5 Å². The number of cyclic esters (lactones) is 1. The molecule has 162 valence electrons. The molecule has 0 radical (unpaired) electrons. The molecule has 1 aromatic heterocycles. The van der Waals surface area contributed by atoms with Crippen LogP contribution in [0, 0.1) is 0 Å². The quantitative estimate of drug-likeness (QED) is 0.276. The van der Waals surface area contributed by atoms with E-state index in [-0.39, 0.29) is 42.1 Å². The first-order valence-electron chi connectivity index (χ1n) is 8.82. The molecule has 4 N–H and O–H groups in total. The fourth-order valence-electron chi connectivity index (χ4n) is 2.74. The molecule has 0 spiro atoms. The molecule has 14 heteroatoms. The van der Waals surface area contributed by atoms with Gasteiger partial charge in [-0.15, -0.1) is 11.3 Å². The zero-order valence-electron chi connectivity index (χ0n) is 16.0. The van der Waals surface area contributed by atoms with E-state index in [9.17, 15) is 24.3 Å². The Kier molecular flexibility index (Phi) is 5.89. The Balaban J connectivity index is 1.77. The minimum Gasteiger partial charge on any atom is -0.477 e. The van der Waals surface area contributed by atoms with E-state index in [2.05, 4.69) is 15.5 Å². The number of hydrogen-bond donors (Lipinski definition) is 3. The van der Waals surface area contributed by atoms with Crippen LogP contribution in [-0.2, 0) is 33.6 Å². The summed E-state index contributed by atoms with van der Waals surface area (Å²) in [4.78, 5) is 62.9. The molecule has 3 heterocycles. The van der Waals surface area contributed by atoms with Crippen molar-refractivity contribution in [3.63, 3.8) is 0 Å². The fraction of sp³-hybridized carbons (Fsp3) is 0.500. The van der Waals surface area contributed by atoms with Gasteiger partial charge < -0.3 is 25.7 Å². The normalized spacial score (nSPS) is 24.3. The second-order valence-corrected chi connectivity index (χ2v) is 7.57. The van der Waals surface area contributed by atoms with Crippen molar-refractivity contribution in [2.24, 2.45) is 5.16 Å². The Morgan fingerprint density at radius 3 is 2.77 bits per heavy atom. The van der Waals surface area contributed by atoms with Crippen molar-refractivity contribution >= 4 is 45.9 Å². The van der Waals surface area contributed by atoms with E-state index in [1.54, 1.807) is 13.8 Å². The number of carboxylic acid groups (broad SMARTS) is 1. The maximum atomic E-state index is 12.7. The van der Waals surface area contributed by atoms with Gasteiger partial charge in [-0.2, -0.15) is 5.06 Å². The number of nitrogens with two attached hydrogens (primary N) is 1. The molecule has 0 aliphatic carbocycles. The van der Waals surface area contributed by atoms with Crippen LogP contribution in [0.1, 0.15) is 32.4 Å². The second-order valence-electron chi connectivity index (χ2n) is 6.68. The SMILES string of the molecule is CC(C)O/N=C(\C(=O)N[C@H]1CON(C2(C(=O)O)CCC(=O)O2)C1=O)c1csc(N)n1. The number of carbonyl (C=O) groups is 4. The van der Waals surface area contributed by atoms with Gasteiger partial charge in [-0.1, -0.05) is 5.16 Å². The number of carbonyl (C=O) groups excluding carboxylic acids is 3. The number of rotatable bonds is 7. The lowest BCUT2D eigenvalue weighted by Crippen LogP contribution is -2.57. The monoisotopic (exact) mass is 441 g/mol. The van der Waals surface area contributed by atoms with Gasteiger partial charge in [0.05, 0.1) is 6.42 Å². The predicted molar refractivity (Wildman–Crippen MR) is 99.7 cm³/mol. The second kappa shape index (κ2) is 8.23. The predicted octanol–water partition coefficient (Wildman–Crippen LogP) is -0.769. The first-order chi connectivity index (χ1) is 14.1. The minimum atomic E-state index is -2.27. The summed E-state index contributed by atoms with van der Waals surface area (Å²) in [6.07, 6.45) is -0.797. The zero-order valence-corrected chi connectivity index (χ0v) is 16.8. The summed E-state index contributed by atoms with van der Waals surface area (Å²) < 4.78 is 4.87. The third-order valence-electron chi connectivity index (χ3n) is 4.12. The van der Waals surface area contributed by atoms with Gasteiger partial charge in [0, 0.05) is 11.8 Å². The molecule has 0 bridgehead atoms. The number of nitrogen functional groups attached to an aromatic ring is 1. The number of amides is 2. The summed E-state index contributed by atoms with van der Waals surface area (Å²) in [5, 5.41) is 17.9. The van der Waals surface area contributed by atoms with Crippen LogP contribution < -0.4 is 11.1 Å². The molecular formula is C16H19N5O8S. The first-order valence-corrected chi connectivity index (χ1v) is 9.70. The van der Waals surface area contributed by atoms with E-state index in [1.165, 1.54) is 5.38 Å². The Bertz CT molecular complexity index is 915. The zero-order chi connectivity index (χ0) is 22.1. The van der Waals surface area contributed by atoms with Gasteiger partial charge in [-0.25, -0.2) is 9.78 Å². The highest BCUT2D eigenvalue weighted by molar-refractivity contribution is 7.13. The van der Waals surface area contributed by atoms with Crippen LogP contribution in [0.4, 0.5) is 5.13 Å². The molecule has 30 heavy (non-hydrogen) atoms. The summed E-state index contributed by atoms with van der Waals surface area (Å²) >= 11 is 1.08. The Morgan fingerprint density at radius 2 is 2.23 bits per heavy atom. The molecule has 0 aromatic carbocycles. The number of ether oxygens (including phenoxy) is 1. The molecule has 1 aromatic rings. The highest BCUT2D eigenvalue weighted by Gasteiger charge is 2.59. The number of nitrogens with zero attached hydrogens (tertiary/aromatic N) is 3. The van der Waals surface area contributed by atoms with Gasteiger partial charge in [0.1, 0.15) is 24.4 Å². The number of aliphatic carboxylic acids is 1. The lowest BCUT2D eigenvalue weighted by Gasteiger charge is -2.30. The first kappa shape index (κ1) is 21.4. The molecule has 2 fully saturated rings. The number of nitrogens with one attached hydrogen (secondary N) is 1. The lowest BCUT2D eigenvalue weighted by molar-refractivity contribution is -0.256. The Morgan fingerprint density at radius 1 is 1.50 bits per heavy atom. The number of hydrogen-bond acceptors (Lipinski definition) is 11. The van der Waals surface area contributed by atoms with Gasteiger partial charge in [0.25, 0.3) is 11.8 Å². The van der Waals surface area contributed by atoms with Crippen molar-refractivity contribution in [3.05, 3.63) is 11.1 Å². The van der Waals surface area contributed by atoms with E-state index in [0.717, 1.165) is 11.3 Å². The molecule has 2 atom stereocenters. The Labute approximate surface area is 173 Å². The maximum absolute atomic E-state index is 12.7. The summed E-state index contributed by atoms with van der Waals surface area (Å²) in [5.74, 6) is -4.03. The number of esters is 1. The highest BCUT2D eigenvalue weighted by Crippen LogP contribution is 2.34. The van der Waals surface area contributed by atoms with E-state index < -0.39 is 35.5 Å². The number of carboxylic acids is 1. The van der Waals surface area contributed by atoms with Crippen molar-refractivity contribution < 1.29 is 38.7 Å². The van der Waals surface area contributed by atoms with Crippen LogP contribution in [0.25, 0.3) is 0 Å². The minimum absolute atomic E-state index is 0.144. The number of thiazole rings is 1. The fourth-order valence-corrected chi connectivity index (χ4v) is 3.29. The average Bonchev–Trinajstić information content (AvgIpc) is 3.36. The van der Waals surface area contributed by atoms with E-state index in [4.69, 9.17) is 20.1 Å². The molecular weight excluding hydrogens is 422 g/mol. The summed E-state index contributed by atoms with van der Waals surface area (Å²) in [6.45, 7) is 3.04. The topological polar surface area (TPSA) is 183 Å². The van der Waals surface area contributed by atoms with E-state index in [0.29, 0.717) is 5.06 Å². The van der Waals surface area contributed by atoms with Crippen LogP contribution in [0.2, 0.25) is 0 Å². The summed E-state index contributed by atoms with van der Waals surface area (Å²) in [5.41, 5.74) is 3.26. The largest absolute Gasteiger partial charge is 0.477 e. The third kappa shape index (κ3) is 4.04. The van der Waals surface area contributed by atoms with Crippen LogP contribution in [0.5, 0.6) is 0 Å². The maximum Gasteiger partial charge on any atom is 0.372 e. The van der Waals surface area contributed by atoms with Gasteiger partial charge in [0.2, 0.25) is 0 Å². The third-order valence-corrected chi connectivity index (χ3v) is 4.80.